The van der Waals surface area contributed by atoms with E-state index < -0.39 is 53.6 Å². The number of anilines is 1. The van der Waals surface area contributed by atoms with Gasteiger partial charge in [-0.2, -0.15) is 0 Å². The Morgan fingerprint density at radius 2 is 1.74 bits per heavy atom. The second-order valence-corrected chi connectivity index (χ2v) is 11.7. The molecule has 0 aliphatic carbocycles. The molecule has 2 N–H and O–H groups in total. The van der Waals surface area contributed by atoms with Gasteiger partial charge in [0.2, 0.25) is 11.8 Å². The molecule has 0 unspecified atom stereocenters. The van der Waals surface area contributed by atoms with Crippen molar-refractivity contribution in [3.05, 3.63) is 66.4 Å². The van der Waals surface area contributed by atoms with Crippen LogP contribution in [0.25, 0.3) is 10.9 Å². The highest BCUT2D eigenvalue weighted by Gasteiger charge is 2.53. The third kappa shape index (κ3) is 6.18. The third-order valence-electron chi connectivity index (χ3n) is 7.57. The summed E-state index contributed by atoms with van der Waals surface area (Å²) < 4.78 is 10.4. The Kier molecular flexibility index (Phi) is 8.12. The SMILES string of the molecule is COC(=O)CN1C[C@@H]([C@H](Cc2c[nH]c3ccccc23)NC(=O)OC(C)(C)C)N2C(=O)N(c3ccccc3)C(=O)C[C@H]2C1=O. The number of hydrogen-bond donors (Lipinski definition) is 2. The number of urea groups is 1. The number of methoxy groups -OCH3 is 1. The quantitative estimate of drug-likeness (QED) is 0.403. The van der Waals surface area contributed by atoms with E-state index in [1.807, 2.05) is 30.5 Å². The van der Waals surface area contributed by atoms with Crippen molar-refractivity contribution in [3.63, 3.8) is 0 Å². The number of aromatic nitrogens is 1. The fourth-order valence-electron chi connectivity index (χ4n) is 5.70. The number of amides is 5. The van der Waals surface area contributed by atoms with Crippen LogP contribution >= 0.6 is 0 Å². The zero-order chi connectivity index (χ0) is 30.9. The molecule has 2 aromatic carbocycles. The first-order valence-corrected chi connectivity index (χ1v) is 14.1. The van der Waals surface area contributed by atoms with Gasteiger partial charge in [-0.15, -0.1) is 0 Å². The molecule has 2 aliphatic heterocycles. The molecule has 12 heteroatoms. The lowest BCUT2D eigenvalue weighted by Crippen LogP contribution is -2.74. The number of esters is 1. The number of rotatable bonds is 7. The summed E-state index contributed by atoms with van der Waals surface area (Å²) in [6.45, 7) is 4.77. The highest BCUT2D eigenvalue weighted by atomic mass is 16.6. The first-order chi connectivity index (χ1) is 20.5. The molecule has 2 aliphatic rings. The summed E-state index contributed by atoms with van der Waals surface area (Å²) in [7, 11) is 1.22. The number of alkyl carbamates (subject to hydrolysis) is 1. The van der Waals surface area contributed by atoms with E-state index in [0.717, 1.165) is 21.4 Å². The van der Waals surface area contributed by atoms with Crippen molar-refractivity contribution in [1.82, 2.24) is 20.1 Å². The van der Waals surface area contributed by atoms with Crippen LogP contribution in [0.5, 0.6) is 0 Å². The first kappa shape index (κ1) is 29.6. The Bertz CT molecular complexity index is 1550. The first-order valence-electron chi connectivity index (χ1n) is 14.1. The third-order valence-corrected chi connectivity index (χ3v) is 7.57. The zero-order valence-electron chi connectivity index (χ0n) is 24.5. The molecule has 0 spiro atoms. The molecule has 3 atom stereocenters. The van der Waals surface area contributed by atoms with E-state index in [0.29, 0.717) is 5.69 Å². The van der Waals surface area contributed by atoms with Gasteiger partial charge in [0.05, 0.1) is 31.3 Å². The van der Waals surface area contributed by atoms with Crippen molar-refractivity contribution in [2.75, 3.05) is 25.1 Å². The molecule has 226 valence electrons. The summed E-state index contributed by atoms with van der Waals surface area (Å²) in [4.78, 5) is 73.6. The van der Waals surface area contributed by atoms with Gasteiger partial charge < -0.3 is 29.6 Å². The number of benzene rings is 2. The van der Waals surface area contributed by atoms with Crippen LogP contribution < -0.4 is 10.2 Å². The van der Waals surface area contributed by atoms with Gasteiger partial charge in [0, 0.05) is 23.6 Å². The van der Waals surface area contributed by atoms with Crippen LogP contribution in [0.2, 0.25) is 0 Å². The average molecular weight is 590 g/mol. The summed E-state index contributed by atoms with van der Waals surface area (Å²) >= 11 is 0. The molecule has 3 heterocycles. The van der Waals surface area contributed by atoms with Gasteiger partial charge in [-0.3, -0.25) is 14.4 Å². The molecule has 2 fully saturated rings. The molecule has 5 amide bonds. The number of carbonyl (C=O) groups excluding carboxylic acids is 5. The van der Waals surface area contributed by atoms with E-state index in [4.69, 9.17) is 9.47 Å². The minimum Gasteiger partial charge on any atom is -0.468 e. The maximum atomic E-state index is 14.2. The van der Waals surface area contributed by atoms with Crippen LogP contribution in [0.15, 0.2) is 60.8 Å². The molecule has 12 nitrogen and oxygen atoms in total. The lowest BCUT2D eigenvalue weighted by Gasteiger charge is -2.51. The predicted molar refractivity (Wildman–Crippen MR) is 157 cm³/mol. The molecule has 0 radical (unpaired) electrons. The Morgan fingerprint density at radius 1 is 1.05 bits per heavy atom. The van der Waals surface area contributed by atoms with Gasteiger partial charge in [0.25, 0.3) is 0 Å². The Labute approximate surface area is 248 Å². The number of piperazine rings is 1. The fraction of sp³-hybridized carbons (Fsp3) is 0.387. The molecular formula is C31H35N5O7. The van der Waals surface area contributed by atoms with Crippen molar-refractivity contribution >= 4 is 46.5 Å². The minimum absolute atomic E-state index is 0.0875. The minimum atomic E-state index is -1.17. The van der Waals surface area contributed by atoms with Gasteiger partial charge in [-0.25, -0.2) is 14.5 Å². The van der Waals surface area contributed by atoms with Crippen molar-refractivity contribution < 1.29 is 33.4 Å². The molecule has 43 heavy (non-hydrogen) atoms. The molecule has 3 aromatic rings. The van der Waals surface area contributed by atoms with Crippen molar-refractivity contribution in [1.29, 1.82) is 0 Å². The highest BCUT2D eigenvalue weighted by Crippen LogP contribution is 2.32. The lowest BCUT2D eigenvalue weighted by atomic mass is 9.91. The summed E-state index contributed by atoms with van der Waals surface area (Å²) in [6.07, 6.45) is 1.10. The fourth-order valence-corrected chi connectivity index (χ4v) is 5.70. The summed E-state index contributed by atoms with van der Waals surface area (Å²) in [5.41, 5.74) is 1.33. The van der Waals surface area contributed by atoms with E-state index >= 15 is 0 Å². The second kappa shape index (κ2) is 11.8. The number of H-pyrrole nitrogens is 1. The maximum Gasteiger partial charge on any atom is 0.407 e. The van der Waals surface area contributed by atoms with Crippen molar-refractivity contribution in [2.45, 2.75) is 57.3 Å². The van der Waals surface area contributed by atoms with E-state index in [1.165, 1.54) is 16.9 Å². The standard InChI is InChI=1S/C31H35N5O7/c1-31(2,3)43-29(40)33-23(14-19-16-32-22-13-9-8-12-21(19)22)25-17-34(18-27(38)42-4)28(39)24-15-26(37)35(30(41)36(24)25)20-10-6-5-7-11-20/h5-13,16,23-25,32H,14-15,17-18H2,1-4H3,(H,33,40)/t23-,24-,25-/m0/s1. The summed E-state index contributed by atoms with van der Waals surface area (Å²) in [5, 5.41) is 3.87. The number of nitrogens with one attached hydrogen (secondary N) is 2. The molecular weight excluding hydrogens is 554 g/mol. The van der Waals surface area contributed by atoms with E-state index in [9.17, 15) is 24.0 Å². The Hall–Kier alpha value is -4.87. The van der Waals surface area contributed by atoms with E-state index in [1.54, 1.807) is 51.1 Å². The lowest BCUT2D eigenvalue weighted by molar-refractivity contribution is -0.154. The summed E-state index contributed by atoms with van der Waals surface area (Å²) in [5.74, 6) is -1.73. The number of nitrogens with zero attached hydrogens (tertiary/aromatic N) is 3. The van der Waals surface area contributed by atoms with Crippen LogP contribution in [0.4, 0.5) is 15.3 Å². The number of para-hydroxylation sites is 2. The van der Waals surface area contributed by atoms with Gasteiger partial charge in [-0.05, 0) is 51.0 Å². The smallest absolute Gasteiger partial charge is 0.407 e. The molecule has 0 saturated carbocycles. The predicted octanol–water partition coefficient (Wildman–Crippen LogP) is 3.22. The van der Waals surface area contributed by atoms with Crippen molar-refractivity contribution in [3.8, 4) is 0 Å². The number of hydrogen-bond acceptors (Lipinski definition) is 7. The number of aromatic amines is 1. The zero-order valence-corrected chi connectivity index (χ0v) is 24.5. The number of ether oxygens (including phenoxy) is 2. The second-order valence-electron chi connectivity index (χ2n) is 11.7. The largest absolute Gasteiger partial charge is 0.468 e. The number of fused-ring (bicyclic) bond motifs is 2. The highest BCUT2D eigenvalue weighted by molar-refractivity contribution is 6.18. The monoisotopic (exact) mass is 589 g/mol. The van der Waals surface area contributed by atoms with Gasteiger partial charge in [0.1, 0.15) is 18.2 Å². The van der Waals surface area contributed by atoms with Gasteiger partial charge in [-0.1, -0.05) is 36.4 Å². The van der Waals surface area contributed by atoms with Crippen LogP contribution in [-0.4, -0.2) is 88.6 Å². The van der Waals surface area contributed by atoms with E-state index in [-0.39, 0.29) is 25.9 Å². The molecule has 2 saturated heterocycles. The van der Waals surface area contributed by atoms with Crippen LogP contribution in [0.3, 0.4) is 0 Å². The Balaban J connectivity index is 1.58. The van der Waals surface area contributed by atoms with Crippen molar-refractivity contribution in [2.24, 2.45) is 0 Å². The Morgan fingerprint density at radius 3 is 2.44 bits per heavy atom. The van der Waals surface area contributed by atoms with E-state index in [2.05, 4.69) is 10.3 Å². The molecule has 1 aromatic heterocycles. The van der Waals surface area contributed by atoms with Crippen LogP contribution in [0, 0.1) is 0 Å². The molecule has 0 bridgehead atoms. The number of carbonyl (C=O) groups is 5. The number of imide groups is 1. The summed E-state index contributed by atoms with van der Waals surface area (Å²) in [6, 6.07) is 12.7. The normalized spacial score (nSPS) is 19.7. The maximum absolute atomic E-state index is 14.2. The van der Waals surface area contributed by atoms with Crippen LogP contribution in [0.1, 0.15) is 32.8 Å². The topological polar surface area (TPSA) is 141 Å². The molecule has 5 rings (SSSR count). The van der Waals surface area contributed by atoms with Gasteiger partial charge >= 0.3 is 18.1 Å². The average Bonchev–Trinajstić information content (AvgIpc) is 3.36. The van der Waals surface area contributed by atoms with Gasteiger partial charge in [0.15, 0.2) is 0 Å². The van der Waals surface area contributed by atoms with Crippen LogP contribution in [-0.2, 0) is 30.3 Å².